The van der Waals surface area contributed by atoms with E-state index in [0.717, 1.165) is 0 Å². The molecule has 0 aromatic heterocycles. The van der Waals surface area contributed by atoms with Crippen LogP contribution < -0.4 is 10.6 Å². The summed E-state index contributed by atoms with van der Waals surface area (Å²) in [6.07, 6.45) is 0. The molecule has 7 nitrogen and oxygen atoms in total. The molecule has 2 aromatic rings. The monoisotopic (exact) mass is 330 g/mol. The van der Waals surface area contributed by atoms with Gasteiger partial charge in [-0.3, -0.25) is 14.9 Å². The Kier molecular flexibility index (Phi) is 5.12. The topological polar surface area (TPSA) is 108 Å². The quantitative estimate of drug-likeness (QED) is 0.646. The first-order valence-electron chi connectivity index (χ1n) is 6.47. The van der Waals surface area contributed by atoms with Crippen LogP contribution in [-0.2, 0) is 4.79 Å². The highest BCUT2D eigenvalue weighted by molar-refractivity contribution is 6.31. The van der Waals surface area contributed by atoms with E-state index in [1.807, 2.05) is 6.07 Å². The number of amides is 1. The van der Waals surface area contributed by atoms with Crippen molar-refractivity contribution in [3.05, 3.63) is 63.2 Å². The minimum atomic E-state index is -0.517. The summed E-state index contributed by atoms with van der Waals surface area (Å²) in [7, 11) is 0. The first-order valence-corrected chi connectivity index (χ1v) is 6.85. The number of nitrogens with zero attached hydrogens (tertiary/aromatic N) is 2. The molecule has 0 aliphatic carbocycles. The molecule has 8 heteroatoms. The number of benzene rings is 2. The number of non-ortho nitro benzene ring substituents is 1. The van der Waals surface area contributed by atoms with Gasteiger partial charge in [0.1, 0.15) is 6.07 Å². The lowest BCUT2D eigenvalue weighted by atomic mass is 10.2. The van der Waals surface area contributed by atoms with E-state index in [0.29, 0.717) is 16.4 Å². The number of nitro benzene ring substituents is 1. The Morgan fingerprint density at radius 1 is 1.30 bits per heavy atom. The van der Waals surface area contributed by atoms with Crippen LogP contribution in [0, 0.1) is 21.4 Å². The number of rotatable bonds is 5. The molecule has 2 aromatic carbocycles. The van der Waals surface area contributed by atoms with Gasteiger partial charge in [-0.1, -0.05) is 17.7 Å². The van der Waals surface area contributed by atoms with E-state index in [9.17, 15) is 14.9 Å². The van der Waals surface area contributed by atoms with Gasteiger partial charge in [-0.05, 0) is 24.3 Å². The standard InChI is InChI=1S/C15H11ClN4O3/c16-11-5-4-10(8-17)14(6-11)19-15(21)9-18-12-2-1-3-13(7-12)20(22)23/h1-7,18H,9H2,(H,19,21). The van der Waals surface area contributed by atoms with Crippen molar-refractivity contribution in [2.24, 2.45) is 0 Å². The molecular formula is C15H11ClN4O3. The van der Waals surface area contributed by atoms with Crippen LogP contribution in [0.25, 0.3) is 0 Å². The van der Waals surface area contributed by atoms with Crippen LogP contribution in [0.3, 0.4) is 0 Å². The number of halogens is 1. The predicted octanol–water partition coefficient (Wildman–Crippen LogP) is 3.17. The van der Waals surface area contributed by atoms with Gasteiger partial charge in [0.15, 0.2) is 0 Å². The molecule has 0 aliphatic rings. The minimum absolute atomic E-state index is 0.0722. The van der Waals surface area contributed by atoms with Gasteiger partial charge in [-0.2, -0.15) is 5.26 Å². The van der Waals surface area contributed by atoms with E-state index >= 15 is 0 Å². The van der Waals surface area contributed by atoms with Crippen molar-refractivity contribution >= 4 is 34.6 Å². The number of nitriles is 1. The van der Waals surface area contributed by atoms with Gasteiger partial charge in [0.25, 0.3) is 5.69 Å². The lowest BCUT2D eigenvalue weighted by molar-refractivity contribution is -0.384. The Morgan fingerprint density at radius 3 is 2.78 bits per heavy atom. The van der Waals surface area contributed by atoms with E-state index in [4.69, 9.17) is 16.9 Å². The normalized spacial score (nSPS) is 9.74. The Morgan fingerprint density at radius 2 is 2.09 bits per heavy atom. The zero-order valence-corrected chi connectivity index (χ0v) is 12.5. The highest BCUT2D eigenvalue weighted by Crippen LogP contribution is 2.20. The Bertz CT molecular complexity index is 802. The zero-order valence-electron chi connectivity index (χ0n) is 11.7. The number of carbonyl (C=O) groups excluding carboxylic acids is 1. The molecule has 2 N–H and O–H groups in total. The molecule has 0 fully saturated rings. The maximum absolute atomic E-state index is 11.9. The Hall–Kier alpha value is -3.11. The smallest absolute Gasteiger partial charge is 0.271 e. The van der Waals surface area contributed by atoms with E-state index in [-0.39, 0.29) is 17.8 Å². The summed E-state index contributed by atoms with van der Waals surface area (Å²) in [4.78, 5) is 22.1. The minimum Gasteiger partial charge on any atom is -0.376 e. The summed E-state index contributed by atoms with van der Waals surface area (Å²) in [6.45, 7) is -0.113. The number of nitro groups is 1. The molecule has 0 spiro atoms. The van der Waals surface area contributed by atoms with Crippen molar-refractivity contribution in [1.82, 2.24) is 0 Å². The van der Waals surface area contributed by atoms with Crippen LogP contribution in [0.4, 0.5) is 17.1 Å². The van der Waals surface area contributed by atoms with E-state index in [2.05, 4.69) is 10.6 Å². The number of carbonyl (C=O) groups is 1. The lowest BCUT2D eigenvalue weighted by Crippen LogP contribution is -2.22. The van der Waals surface area contributed by atoms with Crippen molar-refractivity contribution < 1.29 is 9.72 Å². The number of nitrogens with one attached hydrogen (secondary N) is 2. The second-order valence-electron chi connectivity index (χ2n) is 4.51. The van der Waals surface area contributed by atoms with E-state index in [1.165, 1.54) is 30.3 Å². The molecular weight excluding hydrogens is 320 g/mol. The molecule has 0 radical (unpaired) electrons. The summed E-state index contributed by atoms with van der Waals surface area (Å²) >= 11 is 5.84. The molecule has 0 bridgehead atoms. The Balaban J connectivity index is 2.01. The predicted molar refractivity (Wildman–Crippen MR) is 86.4 cm³/mol. The molecule has 0 heterocycles. The average molecular weight is 331 g/mol. The number of hydrogen-bond donors (Lipinski definition) is 2. The third kappa shape index (κ3) is 4.43. The van der Waals surface area contributed by atoms with E-state index < -0.39 is 10.8 Å². The van der Waals surface area contributed by atoms with Gasteiger partial charge < -0.3 is 10.6 Å². The first kappa shape index (κ1) is 16.3. The largest absolute Gasteiger partial charge is 0.376 e. The van der Waals surface area contributed by atoms with Gasteiger partial charge in [-0.15, -0.1) is 0 Å². The molecule has 0 saturated heterocycles. The summed E-state index contributed by atoms with van der Waals surface area (Å²) in [6, 6.07) is 12.3. The fourth-order valence-electron chi connectivity index (χ4n) is 1.82. The maximum Gasteiger partial charge on any atom is 0.271 e. The van der Waals surface area contributed by atoms with Crippen LogP contribution in [0.15, 0.2) is 42.5 Å². The van der Waals surface area contributed by atoms with Crippen LogP contribution in [0.1, 0.15) is 5.56 Å². The van der Waals surface area contributed by atoms with Crippen molar-refractivity contribution in [2.75, 3.05) is 17.2 Å². The van der Waals surface area contributed by atoms with Gasteiger partial charge in [0.2, 0.25) is 5.91 Å². The second-order valence-corrected chi connectivity index (χ2v) is 4.95. The highest BCUT2D eigenvalue weighted by Gasteiger charge is 2.09. The third-order valence-electron chi connectivity index (χ3n) is 2.89. The summed E-state index contributed by atoms with van der Waals surface area (Å²) in [5, 5.41) is 25.4. The van der Waals surface area contributed by atoms with Crippen LogP contribution in [0.5, 0.6) is 0 Å². The highest BCUT2D eigenvalue weighted by atomic mass is 35.5. The molecule has 0 aliphatic heterocycles. The van der Waals surface area contributed by atoms with Crippen molar-refractivity contribution in [3.63, 3.8) is 0 Å². The van der Waals surface area contributed by atoms with Crippen LogP contribution >= 0.6 is 11.6 Å². The maximum atomic E-state index is 11.9. The zero-order chi connectivity index (χ0) is 16.8. The Labute approximate surface area is 136 Å². The molecule has 2 rings (SSSR count). The number of hydrogen-bond acceptors (Lipinski definition) is 5. The van der Waals surface area contributed by atoms with Crippen molar-refractivity contribution in [3.8, 4) is 6.07 Å². The van der Waals surface area contributed by atoms with Crippen molar-refractivity contribution in [2.45, 2.75) is 0 Å². The fourth-order valence-corrected chi connectivity index (χ4v) is 2.00. The van der Waals surface area contributed by atoms with E-state index in [1.54, 1.807) is 12.1 Å². The van der Waals surface area contributed by atoms with Gasteiger partial charge in [0.05, 0.1) is 22.7 Å². The third-order valence-corrected chi connectivity index (χ3v) is 3.12. The SMILES string of the molecule is N#Cc1ccc(Cl)cc1NC(=O)CNc1cccc([N+](=O)[O-])c1. The molecule has 0 saturated carbocycles. The average Bonchev–Trinajstić information content (AvgIpc) is 2.53. The fraction of sp³-hybridized carbons (Fsp3) is 0.0667. The molecule has 0 unspecified atom stereocenters. The summed E-state index contributed by atoms with van der Waals surface area (Å²) in [5.74, 6) is -0.407. The van der Waals surface area contributed by atoms with Crippen LogP contribution in [0.2, 0.25) is 5.02 Å². The lowest BCUT2D eigenvalue weighted by Gasteiger charge is -2.09. The molecule has 116 valence electrons. The second kappa shape index (κ2) is 7.24. The number of anilines is 2. The van der Waals surface area contributed by atoms with Gasteiger partial charge in [-0.25, -0.2) is 0 Å². The molecule has 23 heavy (non-hydrogen) atoms. The molecule has 0 atom stereocenters. The van der Waals surface area contributed by atoms with Gasteiger partial charge in [0, 0.05) is 22.8 Å². The summed E-state index contributed by atoms with van der Waals surface area (Å²) in [5.41, 5.74) is 0.974. The van der Waals surface area contributed by atoms with Crippen molar-refractivity contribution in [1.29, 1.82) is 5.26 Å². The van der Waals surface area contributed by atoms with Crippen LogP contribution in [-0.4, -0.2) is 17.4 Å². The first-order chi connectivity index (χ1) is 11.0. The molecule has 1 amide bonds. The van der Waals surface area contributed by atoms with Gasteiger partial charge >= 0.3 is 0 Å². The summed E-state index contributed by atoms with van der Waals surface area (Å²) < 4.78 is 0.